The fourth-order valence-corrected chi connectivity index (χ4v) is 0.570. The zero-order chi connectivity index (χ0) is 11.8. The number of primary amides is 1. The van der Waals surface area contributed by atoms with Crippen molar-refractivity contribution in [1.82, 2.24) is 10.6 Å². The van der Waals surface area contributed by atoms with Crippen LogP contribution in [-0.4, -0.2) is 42.0 Å². The molecule has 1 atom stereocenters. The van der Waals surface area contributed by atoms with Crippen LogP contribution >= 0.6 is 0 Å². The van der Waals surface area contributed by atoms with Gasteiger partial charge in [0.1, 0.15) is 12.6 Å². The smallest absolute Gasteiger partial charge is 0.310 e. The molecule has 0 saturated carbocycles. The fourth-order valence-electron chi connectivity index (χ4n) is 0.570. The van der Waals surface area contributed by atoms with E-state index in [9.17, 15) is 14.4 Å². The standard InChI is InChI=1S/C7H10N4O4/c8-1-2-10-6(14)7(15)11-3-4(12)5(9)13/h4,12H,2-3H2,(H2,9,13)(H,10,14)(H,11,15). The molecule has 8 nitrogen and oxygen atoms in total. The summed E-state index contributed by atoms with van der Waals surface area (Å²) in [4.78, 5) is 32.0. The van der Waals surface area contributed by atoms with E-state index in [-0.39, 0.29) is 6.54 Å². The van der Waals surface area contributed by atoms with Gasteiger partial charge in [0.25, 0.3) is 0 Å². The summed E-state index contributed by atoms with van der Waals surface area (Å²) in [6, 6.07) is 1.60. The first-order chi connectivity index (χ1) is 6.99. The fraction of sp³-hybridized carbons (Fsp3) is 0.429. The first-order valence-electron chi connectivity index (χ1n) is 3.89. The Labute approximate surface area is 85.0 Å². The van der Waals surface area contributed by atoms with Crippen LogP contribution < -0.4 is 16.4 Å². The first kappa shape index (κ1) is 12.9. The number of aliphatic hydroxyl groups is 1. The minimum Gasteiger partial charge on any atom is -0.381 e. The van der Waals surface area contributed by atoms with Gasteiger partial charge in [-0.25, -0.2) is 0 Å². The molecule has 0 aliphatic rings. The molecule has 5 N–H and O–H groups in total. The number of nitrogens with one attached hydrogen (secondary N) is 2. The number of nitrogens with zero attached hydrogens (tertiary/aromatic N) is 1. The van der Waals surface area contributed by atoms with Crippen LogP contribution in [0, 0.1) is 11.3 Å². The molecule has 0 bridgehead atoms. The summed E-state index contributed by atoms with van der Waals surface area (Å²) < 4.78 is 0. The van der Waals surface area contributed by atoms with Crippen LogP contribution in [-0.2, 0) is 14.4 Å². The highest BCUT2D eigenvalue weighted by Crippen LogP contribution is 1.78. The van der Waals surface area contributed by atoms with Crippen molar-refractivity contribution in [3.63, 3.8) is 0 Å². The number of carbonyl (C=O) groups is 3. The summed E-state index contributed by atoms with van der Waals surface area (Å²) in [5.74, 6) is -3.08. The summed E-state index contributed by atoms with van der Waals surface area (Å²) in [7, 11) is 0. The van der Waals surface area contributed by atoms with Crippen LogP contribution in [0.2, 0.25) is 0 Å². The maximum Gasteiger partial charge on any atom is 0.310 e. The van der Waals surface area contributed by atoms with E-state index in [0.29, 0.717) is 0 Å². The highest BCUT2D eigenvalue weighted by molar-refractivity contribution is 6.35. The Hall–Kier alpha value is -2.14. The third-order valence-electron chi connectivity index (χ3n) is 1.32. The van der Waals surface area contributed by atoms with Gasteiger partial charge in [0.15, 0.2) is 0 Å². The van der Waals surface area contributed by atoms with Crippen molar-refractivity contribution in [2.24, 2.45) is 5.73 Å². The lowest BCUT2D eigenvalue weighted by Gasteiger charge is -2.07. The Kier molecular flexibility index (Phi) is 5.43. The predicted octanol–water partition coefficient (Wildman–Crippen LogP) is -3.41. The molecule has 8 heteroatoms. The maximum absolute atomic E-state index is 10.9. The minimum absolute atomic E-state index is 0.301. The highest BCUT2D eigenvalue weighted by atomic mass is 16.3. The van der Waals surface area contributed by atoms with Gasteiger partial charge >= 0.3 is 11.8 Å². The van der Waals surface area contributed by atoms with Gasteiger partial charge in [-0.05, 0) is 0 Å². The average Bonchev–Trinajstić information content (AvgIpc) is 2.21. The number of carbonyl (C=O) groups excluding carboxylic acids is 3. The van der Waals surface area contributed by atoms with Crippen LogP contribution in [0.15, 0.2) is 0 Å². The zero-order valence-corrected chi connectivity index (χ0v) is 7.69. The SMILES string of the molecule is N#CCNC(=O)C(=O)NCC(O)C(N)=O. The molecular formula is C7H10N4O4. The van der Waals surface area contributed by atoms with E-state index in [4.69, 9.17) is 16.1 Å². The van der Waals surface area contributed by atoms with Crippen LogP contribution in [0.25, 0.3) is 0 Å². The van der Waals surface area contributed by atoms with E-state index in [1.54, 1.807) is 6.07 Å². The Bertz CT molecular complexity index is 309. The Morgan fingerprint density at radius 3 is 2.33 bits per heavy atom. The van der Waals surface area contributed by atoms with Crippen molar-refractivity contribution in [2.45, 2.75) is 6.10 Å². The summed E-state index contributed by atoms with van der Waals surface area (Å²) >= 11 is 0. The number of amides is 3. The largest absolute Gasteiger partial charge is 0.381 e. The molecule has 0 aliphatic heterocycles. The third-order valence-corrected chi connectivity index (χ3v) is 1.32. The molecule has 0 spiro atoms. The molecule has 1 unspecified atom stereocenters. The lowest BCUT2D eigenvalue weighted by molar-refractivity contribution is -0.139. The quantitative estimate of drug-likeness (QED) is 0.284. The molecule has 0 rings (SSSR count). The predicted molar refractivity (Wildman–Crippen MR) is 46.8 cm³/mol. The molecule has 15 heavy (non-hydrogen) atoms. The molecule has 0 heterocycles. The van der Waals surface area contributed by atoms with Crippen LogP contribution in [0.1, 0.15) is 0 Å². The Morgan fingerprint density at radius 1 is 1.33 bits per heavy atom. The second-order valence-electron chi connectivity index (χ2n) is 2.47. The lowest BCUT2D eigenvalue weighted by Crippen LogP contribution is -2.45. The number of nitriles is 1. The zero-order valence-electron chi connectivity index (χ0n) is 7.69. The highest BCUT2D eigenvalue weighted by Gasteiger charge is 2.16. The van der Waals surface area contributed by atoms with Gasteiger partial charge in [0.2, 0.25) is 5.91 Å². The van der Waals surface area contributed by atoms with Crippen LogP contribution in [0.4, 0.5) is 0 Å². The van der Waals surface area contributed by atoms with Crippen LogP contribution in [0.5, 0.6) is 0 Å². The topological polar surface area (TPSA) is 145 Å². The molecule has 0 fully saturated rings. The van der Waals surface area contributed by atoms with Gasteiger partial charge in [-0.2, -0.15) is 5.26 Å². The molecule has 3 amide bonds. The van der Waals surface area contributed by atoms with E-state index in [2.05, 4.69) is 0 Å². The molecule has 82 valence electrons. The normalized spacial score (nSPS) is 10.9. The molecular weight excluding hydrogens is 204 g/mol. The van der Waals surface area contributed by atoms with Crippen molar-refractivity contribution in [3.8, 4) is 6.07 Å². The van der Waals surface area contributed by atoms with Crippen LogP contribution in [0.3, 0.4) is 0 Å². The van der Waals surface area contributed by atoms with Crippen molar-refractivity contribution >= 4 is 17.7 Å². The van der Waals surface area contributed by atoms with E-state index < -0.39 is 30.4 Å². The molecule has 0 aromatic carbocycles. The minimum atomic E-state index is -1.54. The number of hydrogen-bond donors (Lipinski definition) is 4. The van der Waals surface area contributed by atoms with Gasteiger partial charge in [0.05, 0.1) is 12.6 Å². The second kappa shape index (κ2) is 6.33. The second-order valence-corrected chi connectivity index (χ2v) is 2.47. The molecule has 0 radical (unpaired) electrons. The third kappa shape index (κ3) is 5.22. The van der Waals surface area contributed by atoms with Gasteiger partial charge in [-0.3, -0.25) is 14.4 Å². The molecule has 0 aromatic heterocycles. The Morgan fingerprint density at radius 2 is 1.87 bits per heavy atom. The summed E-state index contributed by atoms with van der Waals surface area (Å²) in [6.07, 6.45) is -1.54. The lowest BCUT2D eigenvalue weighted by atomic mass is 10.3. The summed E-state index contributed by atoms with van der Waals surface area (Å²) in [5.41, 5.74) is 4.69. The number of nitrogens with two attached hydrogens (primary N) is 1. The van der Waals surface area contributed by atoms with Gasteiger partial charge in [0, 0.05) is 0 Å². The van der Waals surface area contributed by atoms with Gasteiger partial charge in [-0.15, -0.1) is 0 Å². The van der Waals surface area contributed by atoms with Crippen molar-refractivity contribution < 1.29 is 19.5 Å². The van der Waals surface area contributed by atoms with Crippen molar-refractivity contribution in [3.05, 3.63) is 0 Å². The Balaban J connectivity index is 3.89. The van der Waals surface area contributed by atoms with Crippen molar-refractivity contribution in [2.75, 3.05) is 13.1 Å². The number of aliphatic hydroxyl groups excluding tert-OH is 1. The molecule has 0 saturated heterocycles. The average molecular weight is 214 g/mol. The monoisotopic (exact) mass is 214 g/mol. The van der Waals surface area contributed by atoms with Crippen molar-refractivity contribution in [1.29, 1.82) is 5.26 Å². The number of hydrogen-bond acceptors (Lipinski definition) is 5. The molecule has 0 aromatic rings. The summed E-state index contributed by atoms with van der Waals surface area (Å²) in [6.45, 7) is -0.751. The van der Waals surface area contributed by atoms with E-state index in [0.717, 1.165) is 0 Å². The maximum atomic E-state index is 10.9. The number of rotatable bonds is 4. The van der Waals surface area contributed by atoms with E-state index in [1.807, 2.05) is 10.6 Å². The van der Waals surface area contributed by atoms with E-state index >= 15 is 0 Å². The first-order valence-corrected chi connectivity index (χ1v) is 3.89. The van der Waals surface area contributed by atoms with Gasteiger partial charge < -0.3 is 21.5 Å². The summed E-state index contributed by atoms with van der Waals surface area (Å²) in [5, 5.41) is 20.9. The van der Waals surface area contributed by atoms with Gasteiger partial charge in [-0.1, -0.05) is 0 Å². The molecule has 0 aliphatic carbocycles. The van der Waals surface area contributed by atoms with E-state index in [1.165, 1.54) is 0 Å².